The van der Waals surface area contributed by atoms with Crippen LogP contribution in [0.15, 0.2) is 22.9 Å². The predicted molar refractivity (Wildman–Crippen MR) is 82.1 cm³/mol. The Morgan fingerprint density at radius 2 is 2.20 bits per heavy atom. The van der Waals surface area contributed by atoms with Crippen molar-refractivity contribution in [2.45, 2.75) is 39.7 Å². The molecule has 0 spiro atoms. The minimum atomic E-state index is -0.112. The van der Waals surface area contributed by atoms with Gasteiger partial charge in [-0.3, -0.25) is 9.89 Å². The van der Waals surface area contributed by atoms with Crippen LogP contribution in [-0.4, -0.2) is 22.1 Å². The number of carbonyl (C=O) groups is 1. The van der Waals surface area contributed by atoms with Crippen LogP contribution >= 0.6 is 11.3 Å². The summed E-state index contributed by atoms with van der Waals surface area (Å²) in [5.74, 6) is 0.433. The molecule has 1 amide bonds. The van der Waals surface area contributed by atoms with Crippen LogP contribution in [0.25, 0.3) is 0 Å². The summed E-state index contributed by atoms with van der Waals surface area (Å²) >= 11 is 1.68. The van der Waals surface area contributed by atoms with Gasteiger partial charge in [-0.2, -0.15) is 16.4 Å². The number of rotatable bonds is 6. The third-order valence-electron chi connectivity index (χ3n) is 2.99. The first-order valence-corrected chi connectivity index (χ1v) is 7.85. The number of aromatic amines is 1. The van der Waals surface area contributed by atoms with Crippen LogP contribution < -0.4 is 5.32 Å². The zero-order valence-electron chi connectivity index (χ0n) is 12.1. The third kappa shape index (κ3) is 4.20. The molecule has 2 aromatic rings. The predicted octanol–water partition coefficient (Wildman–Crippen LogP) is 3.03. The number of hydrogen-bond donors (Lipinski definition) is 2. The fourth-order valence-corrected chi connectivity index (χ4v) is 2.81. The van der Waals surface area contributed by atoms with Crippen LogP contribution in [-0.2, 0) is 12.8 Å². The summed E-state index contributed by atoms with van der Waals surface area (Å²) in [6.45, 7) is 6.30. The molecule has 108 valence electrons. The highest BCUT2D eigenvalue weighted by atomic mass is 32.1. The van der Waals surface area contributed by atoms with Crippen molar-refractivity contribution in [3.63, 3.8) is 0 Å². The van der Waals surface area contributed by atoms with Crippen molar-refractivity contribution in [1.29, 1.82) is 0 Å². The number of nitrogens with zero attached hydrogens (tertiary/aromatic N) is 1. The van der Waals surface area contributed by atoms with Gasteiger partial charge in [-0.05, 0) is 54.1 Å². The van der Waals surface area contributed by atoms with Gasteiger partial charge in [-0.15, -0.1) is 0 Å². The van der Waals surface area contributed by atoms with Crippen molar-refractivity contribution < 1.29 is 4.79 Å². The zero-order valence-corrected chi connectivity index (χ0v) is 13.0. The Bertz CT molecular complexity index is 545. The van der Waals surface area contributed by atoms with Gasteiger partial charge in [0.1, 0.15) is 5.69 Å². The van der Waals surface area contributed by atoms with E-state index in [9.17, 15) is 4.79 Å². The van der Waals surface area contributed by atoms with Gasteiger partial charge in [0, 0.05) is 11.7 Å². The second kappa shape index (κ2) is 6.70. The monoisotopic (exact) mass is 291 g/mol. The van der Waals surface area contributed by atoms with Crippen LogP contribution in [0.3, 0.4) is 0 Å². The molecule has 20 heavy (non-hydrogen) atoms. The minimum Gasteiger partial charge on any atom is -0.348 e. The first-order valence-electron chi connectivity index (χ1n) is 6.91. The van der Waals surface area contributed by atoms with Gasteiger partial charge < -0.3 is 5.32 Å². The van der Waals surface area contributed by atoms with Crippen LogP contribution in [0.4, 0.5) is 0 Å². The molecular weight excluding hydrogens is 270 g/mol. The lowest BCUT2D eigenvalue weighted by Gasteiger charge is -2.11. The van der Waals surface area contributed by atoms with Gasteiger partial charge in [0.05, 0.1) is 0 Å². The van der Waals surface area contributed by atoms with Crippen molar-refractivity contribution in [3.8, 4) is 0 Å². The topological polar surface area (TPSA) is 57.8 Å². The molecule has 0 fully saturated rings. The van der Waals surface area contributed by atoms with Crippen LogP contribution in [0.1, 0.15) is 42.5 Å². The average Bonchev–Trinajstić information content (AvgIpc) is 2.99. The Morgan fingerprint density at radius 3 is 2.85 bits per heavy atom. The molecule has 1 unspecified atom stereocenters. The molecule has 1 atom stereocenters. The maximum Gasteiger partial charge on any atom is 0.271 e. The van der Waals surface area contributed by atoms with Gasteiger partial charge in [-0.25, -0.2) is 0 Å². The van der Waals surface area contributed by atoms with Crippen LogP contribution in [0.5, 0.6) is 0 Å². The highest BCUT2D eigenvalue weighted by molar-refractivity contribution is 7.07. The highest BCUT2D eigenvalue weighted by Gasteiger charge is 2.14. The summed E-state index contributed by atoms with van der Waals surface area (Å²) in [6.07, 6.45) is 1.75. The smallest absolute Gasteiger partial charge is 0.271 e. The summed E-state index contributed by atoms with van der Waals surface area (Å²) in [4.78, 5) is 12.1. The average molecular weight is 291 g/mol. The largest absolute Gasteiger partial charge is 0.348 e. The van der Waals surface area contributed by atoms with E-state index in [1.54, 1.807) is 11.3 Å². The normalized spacial score (nSPS) is 12.6. The lowest BCUT2D eigenvalue weighted by atomic mass is 10.1. The molecule has 4 nitrogen and oxygen atoms in total. The lowest BCUT2D eigenvalue weighted by Crippen LogP contribution is -2.34. The van der Waals surface area contributed by atoms with E-state index in [-0.39, 0.29) is 11.9 Å². The number of thiophene rings is 1. The molecule has 0 aromatic carbocycles. The van der Waals surface area contributed by atoms with Crippen LogP contribution in [0.2, 0.25) is 0 Å². The number of amides is 1. The second-order valence-electron chi connectivity index (χ2n) is 5.59. The Hall–Kier alpha value is -1.62. The Morgan fingerprint density at radius 1 is 1.40 bits per heavy atom. The molecule has 0 bridgehead atoms. The summed E-state index contributed by atoms with van der Waals surface area (Å²) < 4.78 is 0. The molecule has 0 aliphatic rings. The number of carbonyl (C=O) groups excluding carboxylic acids is 1. The highest BCUT2D eigenvalue weighted by Crippen LogP contribution is 2.10. The molecule has 0 aliphatic heterocycles. The van der Waals surface area contributed by atoms with Crippen molar-refractivity contribution in [3.05, 3.63) is 39.8 Å². The van der Waals surface area contributed by atoms with E-state index in [4.69, 9.17) is 0 Å². The van der Waals surface area contributed by atoms with Crippen molar-refractivity contribution >= 4 is 17.2 Å². The summed E-state index contributed by atoms with van der Waals surface area (Å²) in [5, 5.41) is 14.2. The van der Waals surface area contributed by atoms with Crippen LogP contribution in [0, 0.1) is 5.92 Å². The number of aromatic nitrogens is 2. The van der Waals surface area contributed by atoms with Gasteiger partial charge in [0.2, 0.25) is 0 Å². The van der Waals surface area contributed by atoms with E-state index in [1.807, 2.05) is 13.0 Å². The number of H-pyrrole nitrogens is 1. The number of hydrogen-bond acceptors (Lipinski definition) is 3. The first-order chi connectivity index (χ1) is 9.54. The second-order valence-corrected chi connectivity index (χ2v) is 6.37. The van der Waals surface area contributed by atoms with Gasteiger partial charge >= 0.3 is 0 Å². The molecule has 2 rings (SSSR count). The zero-order chi connectivity index (χ0) is 14.5. The fourth-order valence-electron chi connectivity index (χ4n) is 2.13. The molecule has 0 aliphatic carbocycles. The molecule has 0 radical (unpaired) electrons. The van der Waals surface area contributed by atoms with E-state index < -0.39 is 0 Å². The summed E-state index contributed by atoms with van der Waals surface area (Å²) in [7, 11) is 0. The molecule has 0 saturated heterocycles. The third-order valence-corrected chi connectivity index (χ3v) is 3.72. The Labute approximate surface area is 123 Å². The molecule has 5 heteroatoms. The molecule has 2 N–H and O–H groups in total. The maximum atomic E-state index is 12.1. The van der Waals surface area contributed by atoms with Crippen molar-refractivity contribution in [2.24, 2.45) is 5.92 Å². The molecule has 0 saturated carbocycles. The quantitative estimate of drug-likeness (QED) is 0.859. The molecule has 2 aromatic heterocycles. The summed E-state index contributed by atoms with van der Waals surface area (Å²) in [6, 6.07) is 4.03. The fraction of sp³-hybridized carbons (Fsp3) is 0.467. The van der Waals surface area contributed by atoms with Crippen molar-refractivity contribution in [1.82, 2.24) is 15.5 Å². The van der Waals surface area contributed by atoms with E-state index in [2.05, 4.69) is 46.2 Å². The standard InChI is InChI=1S/C15H21N3OS/c1-10(2)6-13-8-14(18-17-13)15(19)16-11(3)7-12-4-5-20-9-12/h4-5,8-11H,6-7H2,1-3H3,(H,16,19)(H,17,18). The first kappa shape index (κ1) is 14.8. The molecular formula is C15H21N3OS. The van der Waals surface area contributed by atoms with E-state index in [1.165, 1.54) is 5.56 Å². The Balaban J connectivity index is 1.89. The van der Waals surface area contributed by atoms with Gasteiger partial charge in [0.15, 0.2) is 0 Å². The minimum absolute atomic E-state index is 0.0994. The van der Waals surface area contributed by atoms with E-state index >= 15 is 0 Å². The summed E-state index contributed by atoms with van der Waals surface area (Å²) in [5.41, 5.74) is 2.73. The SMILES string of the molecule is CC(C)Cc1cc(C(=O)NC(C)Cc2ccsc2)n[nH]1. The molecule has 2 heterocycles. The van der Waals surface area contributed by atoms with Gasteiger partial charge in [-0.1, -0.05) is 13.8 Å². The number of nitrogens with one attached hydrogen (secondary N) is 2. The van der Waals surface area contributed by atoms with Crippen molar-refractivity contribution in [2.75, 3.05) is 0 Å². The van der Waals surface area contributed by atoms with Gasteiger partial charge in [0.25, 0.3) is 5.91 Å². The maximum absolute atomic E-state index is 12.1. The van der Waals surface area contributed by atoms with E-state index in [0.717, 1.165) is 18.5 Å². The Kier molecular flexibility index (Phi) is 4.95. The van der Waals surface area contributed by atoms with E-state index in [0.29, 0.717) is 11.6 Å². The lowest BCUT2D eigenvalue weighted by molar-refractivity contribution is 0.0935.